The number of Topliss-reactive ketones (excluding diaryl/α,β-unsaturated/α-hetero) is 1. The number of hydrogen-bond donors (Lipinski definition) is 0. The minimum absolute atomic E-state index is 0.176. The molecule has 3 heteroatoms. The first-order valence-corrected chi connectivity index (χ1v) is 10.3. The van der Waals surface area contributed by atoms with Gasteiger partial charge >= 0.3 is 0 Å². The molecular weight excluding hydrogens is 324 g/mol. The highest BCUT2D eigenvalue weighted by Gasteiger charge is 2.51. The minimum atomic E-state index is -0.395. The lowest BCUT2D eigenvalue weighted by atomic mass is 9.60. The number of ketones is 1. The van der Waals surface area contributed by atoms with Crippen LogP contribution in [0.2, 0.25) is 0 Å². The molecule has 3 aliphatic carbocycles. The predicted octanol–water partition coefficient (Wildman–Crippen LogP) is 4.64. The Labute approximate surface area is 156 Å². The van der Waals surface area contributed by atoms with Gasteiger partial charge in [0.05, 0.1) is 12.5 Å². The van der Waals surface area contributed by atoms with Gasteiger partial charge in [0, 0.05) is 12.3 Å². The fourth-order valence-electron chi connectivity index (χ4n) is 5.56. The summed E-state index contributed by atoms with van der Waals surface area (Å²) in [4.78, 5) is 24.7. The van der Waals surface area contributed by atoms with E-state index in [0.717, 1.165) is 50.1 Å². The molecule has 2 saturated carbocycles. The van der Waals surface area contributed by atoms with Gasteiger partial charge in [0.25, 0.3) is 0 Å². The zero-order chi connectivity index (χ0) is 18.1. The van der Waals surface area contributed by atoms with Crippen LogP contribution in [0.4, 0.5) is 0 Å². The first kappa shape index (κ1) is 17.8. The Morgan fingerprint density at radius 3 is 2.85 bits per heavy atom. The zero-order valence-electron chi connectivity index (χ0n) is 15.8. The van der Waals surface area contributed by atoms with Crippen molar-refractivity contribution in [2.75, 3.05) is 7.11 Å². The largest absolute Gasteiger partial charge is 0.497 e. The van der Waals surface area contributed by atoms with Crippen molar-refractivity contribution >= 4 is 12.1 Å². The molecule has 3 atom stereocenters. The second-order valence-electron chi connectivity index (χ2n) is 8.67. The van der Waals surface area contributed by atoms with Gasteiger partial charge in [-0.2, -0.15) is 0 Å². The van der Waals surface area contributed by atoms with Crippen molar-refractivity contribution in [1.82, 2.24) is 0 Å². The second kappa shape index (κ2) is 7.17. The third-order valence-corrected chi connectivity index (χ3v) is 7.09. The Kier molecular flexibility index (Phi) is 4.90. The molecule has 0 N–H and O–H groups in total. The van der Waals surface area contributed by atoms with E-state index in [-0.39, 0.29) is 5.92 Å². The topological polar surface area (TPSA) is 43.4 Å². The highest BCUT2D eigenvalue weighted by atomic mass is 16.5. The molecular formula is C23H30O3. The highest BCUT2D eigenvalue weighted by molar-refractivity contribution is 5.95. The van der Waals surface area contributed by atoms with Gasteiger partial charge in [0.15, 0.2) is 0 Å². The third kappa shape index (κ3) is 3.10. The molecule has 4 rings (SSSR count). The summed E-state index contributed by atoms with van der Waals surface area (Å²) in [6, 6.07) is 6.32. The lowest BCUT2D eigenvalue weighted by molar-refractivity contribution is -0.131. The molecule has 1 aromatic rings. The number of carbonyl (C=O) groups excluding carboxylic acids is 2. The van der Waals surface area contributed by atoms with E-state index in [1.54, 1.807) is 7.11 Å². The van der Waals surface area contributed by atoms with E-state index >= 15 is 0 Å². The summed E-state index contributed by atoms with van der Waals surface area (Å²) in [5.74, 6) is 2.90. The molecule has 1 aromatic carbocycles. The van der Waals surface area contributed by atoms with E-state index in [0.29, 0.717) is 18.1 Å². The van der Waals surface area contributed by atoms with Crippen LogP contribution in [0, 0.1) is 17.8 Å². The average molecular weight is 354 g/mol. The van der Waals surface area contributed by atoms with Crippen LogP contribution < -0.4 is 4.74 Å². The smallest absolute Gasteiger partial charge is 0.147 e. The molecule has 0 radical (unpaired) electrons. The van der Waals surface area contributed by atoms with Crippen molar-refractivity contribution in [2.24, 2.45) is 17.8 Å². The number of hydrogen-bond acceptors (Lipinski definition) is 3. The Balaban J connectivity index is 1.74. The van der Waals surface area contributed by atoms with Crippen LogP contribution in [0.25, 0.3) is 0 Å². The molecule has 26 heavy (non-hydrogen) atoms. The third-order valence-electron chi connectivity index (χ3n) is 7.09. The summed E-state index contributed by atoms with van der Waals surface area (Å²) in [5.41, 5.74) is 2.13. The average Bonchev–Trinajstić information content (AvgIpc) is 3.47. The summed E-state index contributed by atoms with van der Waals surface area (Å²) in [5, 5.41) is 0. The van der Waals surface area contributed by atoms with Crippen LogP contribution in [0.5, 0.6) is 5.75 Å². The number of unbranched alkanes of at least 4 members (excludes halogenated alkanes) is 1. The number of benzene rings is 1. The number of ether oxygens (including phenoxy) is 1. The van der Waals surface area contributed by atoms with Crippen LogP contribution in [0.1, 0.15) is 68.9 Å². The normalized spacial score (nSPS) is 30.4. The molecule has 0 aromatic heterocycles. The number of methoxy groups -OCH3 is 1. The van der Waals surface area contributed by atoms with Gasteiger partial charge in [-0.25, -0.2) is 0 Å². The quantitative estimate of drug-likeness (QED) is 0.529. The van der Waals surface area contributed by atoms with Gasteiger partial charge in [-0.1, -0.05) is 25.3 Å². The van der Waals surface area contributed by atoms with E-state index in [1.807, 2.05) is 6.07 Å². The number of rotatable bonds is 7. The summed E-state index contributed by atoms with van der Waals surface area (Å²) >= 11 is 0. The van der Waals surface area contributed by atoms with Crippen molar-refractivity contribution in [2.45, 2.75) is 69.6 Å². The van der Waals surface area contributed by atoms with Crippen LogP contribution in [0.15, 0.2) is 18.2 Å². The molecule has 0 saturated heterocycles. The van der Waals surface area contributed by atoms with Gasteiger partial charge in [0.1, 0.15) is 17.8 Å². The molecule has 0 amide bonds. The number of carbonyl (C=O) groups is 2. The van der Waals surface area contributed by atoms with Crippen LogP contribution in [-0.4, -0.2) is 19.2 Å². The number of aldehydes is 1. The lowest BCUT2D eigenvalue weighted by Crippen LogP contribution is -2.46. The Bertz CT molecular complexity index is 691. The van der Waals surface area contributed by atoms with E-state index < -0.39 is 5.41 Å². The summed E-state index contributed by atoms with van der Waals surface area (Å²) < 4.78 is 5.47. The van der Waals surface area contributed by atoms with Gasteiger partial charge in [0.2, 0.25) is 0 Å². The first-order valence-electron chi connectivity index (χ1n) is 10.3. The van der Waals surface area contributed by atoms with Crippen molar-refractivity contribution in [3.05, 3.63) is 29.3 Å². The summed E-state index contributed by atoms with van der Waals surface area (Å²) in [6.45, 7) is 0. The van der Waals surface area contributed by atoms with Gasteiger partial charge in [-0.15, -0.1) is 0 Å². The molecule has 2 fully saturated rings. The van der Waals surface area contributed by atoms with Crippen molar-refractivity contribution < 1.29 is 14.3 Å². The molecule has 1 unspecified atom stereocenters. The van der Waals surface area contributed by atoms with Crippen LogP contribution >= 0.6 is 0 Å². The lowest BCUT2D eigenvalue weighted by Gasteiger charge is -2.41. The van der Waals surface area contributed by atoms with Crippen LogP contribution in [-0.2, 0) is 21.4 Å². The molecule has 3 aliphatic rings. The van der Waals surface area contributed by atoms with Gasteiger partial charge in [-0.05, 0) is 73.6 Å². The van der Waals surface area contributed by atoms with Crippen molar-refractivity contribution in [3.63, 3.8) is 0 Å². The minimum Gasteiger partial charge on any atom is -0.497 e. The highest BCUT2D eigenvalue weighted by Crippen LogP contribution is 2.52. The maximum atomic E-state index is 13.8. The summed E-state index contributed by atoms with van der Waals surface area (Å²) in [7, 11) is 1.69. The Morgan fingerprint density at radius 1 is 1.27 bits per heavy atom. The molecule has 0 aliphatic heterocycles. The standard InChI is InChI=1S/C23H30O3/c1-26-19-9-8-18-14-20-17(13-16-6-7-16)5-4-11-23(22(20)25,21(18)15-19)10-2-3-12-24/h8-9,12,15-17,20H,2-7,10-11,13-14H2,1H3/t17?,20-,23-/m0/s1. The SMILES string of the molecule is COc1ccc2c(c1)[C@]1(CCCC=O)CCCC(CC3CC3)[C@H](C2)C1=O. The fourth-order valence-corrected chi connectivity index (χ4v) is 5.56. The molecule has 0 heterocycles. The maximum Gasteiger partial charge on any atom is 0.147 e. The van der Waals surface area contributed by atoms with Crippen molar-refractivity contribution in [3.8, 4) is 5.75 Å². The monoisotopic (exact) mass is 354 g/mol. The molecule has 2 bridgehead atoms. The van der Waals surface area contributed by atoms with Gasteiger partial charge < -0.3 is 9.53 Å². The van der Waals surface area contributed by atoms with E-state index in [9.17, 15) is 9.59 Å². The Hall–Kier alpha value is -1.64. The van der Waals surface area contributed by atoms with Crippen molar-refractivity contribution in [1.29, 1.82) is 0 Å². The first-order chi connectivity index (χ1) is 12.7. The van der Waals surface area contributed by atoms with E-state index in [2.05, 4.69) is 12.1 Å². The molecule has 0 spiro atoms. The zero-order valence-corrected chi connectivity index (χ0v) is 15.8. The Morgan fingerprint density at radius 2 is 2.12 bits per heavy atom. The second-order valence-corrected chi connectivity index (χ2v) is 8.67. The molecule has 140 valence electrons. The predicted molar refractivity (Wildman–Crippen MR) is 101 cm³/mol. The summed E-state index contributed by atoms with van der Waals surface area (Å²) in [6.07, 6.45) is 11.2. The van der Waals surface area contributed by atoms with E-state index in [4.69, 9.17) is 4.74 Å². The maximum absolute atomic E-state index is 13.8. The van der Waals surface area contributed by atoms with Crippen LogP contribution in [0.3, 0.4) is 0 Å². The molecule has 3 nitrogen and oxygen atoms in total. The fraction of sp³-hybridized carbons (Fsp3) is 0.652. The van der Waals surface area contributed by atoms with E-state index in [1.165, 1.54) is 36.8 Å². The van der Waals surface area contributed by atoms with Gasteiger partial charge in [-0.3, -0.25) is 4.79 Å². The number of fused-ring (bicyclic) bond motifs is 4.